The lowest BCUT2D eigenvalue weighted by atomic mass is 10.2. The van der Waals surface area contributed by atoms with Crippen LogP contribution in [0, 0.1) is 13.8 Å². The van der Waals surface area contributed by atoms with E-state index in [1.165, 1.54) is 7.11 Å². The Balaban J connectivity index is 2.57. The van der Waals surface area contributed by atoms with Gasteiger partial charge in [0.25, 0.3) is 0 Å². The van der Waals surface area contributed by atoms with E-state index in [1.807, 2.05) is 27.1 Å². The van der Waals surface area contributed by atoms with Crippen molar-refractivity contribution in [1.29, 1.82) is 0 Å². The van der Waals surface area contributed by atoms with Crippen molar-refractivity contribution in [3.05, 3.63) is 17.7 Å². The molecule has 17 heavy (non-hydrogen) atoms. The lowest BCUT2D eigenvalue weighted by Crippen LogP contribution is -2.38. The summed E-state index contributed by atoms with van der Waals surface area (Å²) in [6, 6.07) is -0.243. The lowest BCUT2D eigenvalue weighted by Gasteiger charge is -2.16. The maximum Gasteiger partial charge on any atom is 0.322 e. The summed E-state index contributed by atoms with van der Waals surface area (Å²) in [6.07, 6.45) is 2.52. The molecular formula is C12H21N3O2. The van der Waals surface area contributed by atoms with E-state index in [0.29, 0.717) is 6.42 Å². The van der Waals surface area contributed by atoms with Crippen molar-refractivity contribution >= 4 is 5.97 Å². The Hall–Kier alpha value is -1.36. The zero-order chi connectivity index (χ0) is 12.8. The minimum Gasteiger partial charge on any atom is -0.468 e. The average Bonchev–Trinajstić information content (AvgIpc) is 2.65. The molecule has 1 aromatic rings. The average molecular weight is 239 g/mol. The summed E-state index contributed by atoms with van der Waals surface area (Å²) in [5.74, 6) is -0.207. The molecule has 1 aromatic heterocycles. The van der Waals surface area contributed by atoms with Crippen LogP contribution in [0.2, 0.25) is 0 Å². The monoisotopic (exact) mass is 239 g/mol. The van der Waals surface area contributed by atoms with E-state index in [-0.39, 0.29) is 12.0 Å². The van der Waals surface area contributed by atoms with Crippen LogP contribution in [0.25, 0.3) is 0 Å². The number of carbonyl (C=O) groups excluding carboxylic acids is 1. The fourth-order valence-corrected chi connectivity index (χ4v) is 1.73. The van der Waals surface area contributed by atoms with Crippen molar-refractivity contribution in [2.75, 3.05) is 13.7 Å². The third kappa shape index (κ3) is 3.56. The number of esters is 1. The number of hydrogen-bond acceptors (Lipinski definition) is 4. The molecule has 1 rings (SSSR count). The minimum absolute atomic E-state index is 0.207. The van der Waals surface area contributed by atoms with Crippen LogP contribution in [0.5, 0.6) is 0 Å². The van der Waals surface area contributed by atoms with Gasteiger partial charge in [-0.2, -0.15) is 0 Å². The molecule has 0 aromatic carbocycles. The molecule has 0 aliphatic carbocycles. The van der Waals surface area contributed by atoms with Crippen molar-refractivity contribution in [2.24, 2.45) is 0 Å². The standard InChI is InChI=1S/C12H21N3O2/c1-5-13-11(12(16)17-4)6-7-15-8-14-9(2)10(15)3/h8,11,13H,5-7H2,1-4H3. The molecule has 0 bridgehead atoms. The highest BCUT2D eigenvalue weighted by atomic mass is 16.5. The summed E-state index contributed by atoms with van der Waals surface area (Å²) < 4.78 is 6.82. The molecule has 0 saturated heterocycles. The van der Waals surface area contributed by atoms with Gasteiger partial charge in [0.15, 0.2) is 0 Å². The van der Waals surface area contributed by atoms with Gasteiger partial charge in [-0.05, 0) is 26.8 Å². The summed E-state index contributed by atoms with van der Waals surface area (Å²) in [5.41, 5.74) is 2.17. The van der Waals surface area contributed by atoms with E-state index in [4.69, 9.17) is 4.74 Å². The summed E-state index contributed by atoms with van der Waals surface area (Å²) in [5, 5.41) is 3.12. The highest BCUT2D eigenvalue weighted by Gasteiger charge is 2.17. The number of rotatable bonds is 6. The molecule has 0 aliphatic rings. The quantitative estimate of drug-likeness (QED) is 0.754. The van der Waals surface area contributed by atoms with Gasteiger partial charge in [0, 0.05) is 12.2 Å². The highest BCUT2D eigenvalue weighted by molar-refractivity contribution is 5.75. The van der Waals surface area contributed by atoms with Crippen LogP contribution in [0.4, 0.5) is 0 Å². The molecule has 5 nitrogen and oxygen atoms in total. The first-order chi connectivity index (χ1) is 8.10. The Morgan fingerprint density at radius 3 is 2.76 bits per heavy atom. The number of imidazole rings is 1. The smallest absolute Gasteiger partial charge is 0.322 e. The van der Waals surface area contributed by atoms with Crippen LogP contribution in [0.1, 0.15) is 24.7 Å². The van der Waals surface area contributed by atoms with Gasteiger partial charge in [-0.1, -0.05) is 6.92 Å². The number of hydrogen-bond donors (Lipinski definition) is 1. The van der Waals surface area contributed by atoms with Crippen LogP contribution in [-0.4, -0.2) is 35.2 Å². The number of carbonyl (C=O) groups is 1. The number of aromatic nitrogens is 2. The van der Waals surface area contributed by atoms with E-state index >= 15 is 0 Å². The maximum absolute atomic E-state index is 11.5. The predicted molar refractivity (Wildman–Crippen MR) is 65.8 cm³/mol. The second-order valence-electron chi connectivity index (χ2n) is 4.03. The van der Waals surface area contributed by atoms with E-state index in [9.17, 15) is 4.79 Å². The zero-order valence-electron chi connectivity index (χ0n) is 11.0. The molecule has 1 atom stereocenters. The van der Waals surface area contributed by atoms with Gasteiger partial charge in [-0.15, -0.1) is 0 Å². The van der Waals surface area contributed by atoms with Gasteiger partial charge >= 0.3 is 5.97 Å². The molecule has 1 unspecified atom stereocenters. The summed E-state index contributed by atoms with van der Waals surface area (Å²) >= 11 is 0. The molecular weight excluding hydrogens is 218 g/mol. The minimum atomic E-state index is -0.243. The van der Waals surface area contributed by atoms with Gasteiger partial charge in [0.05, 0.1) is 19.1 Å². The van der Waals surface area contributed by atoms with E-state index in [2.05, 4.69) is 14.9 Å². The third-order valence-corrected chi connectivity index (χ3v) is 2.94. The molecule has 0 radical (unpaired) electrons. The Labute approximate surface area is 102 Å². The van der Waals surface area contributed by atoms with Crippen molar-refractivity contribution in [2.45, 2.75) is 39.8 Å². The van der Waals surface area contributed by atoms with Gasteiger partial charge in [0.1, 0.15) is 6.04 Å². The van der Waals surface area contributed by atoms with Crippen molar-refractivity contribution in [3.63, 3.8) is 0 Å². The highest BCUT2D eigenvalue weighted by Crippen LogP contribution is 2.06. The van der Waals surface area contributed by atoms with E-state index < -0.39 is 0 Å². The van der Waals surface area contributed by atoms with Gasteiger partial charge < -0.3 is 14.6 Å². The van der Waals surface area contributed by atoms with Gasteiger partial charge in [-0.3, -0.25) is 4.79 Å². The molecule has 1 heterocycles. The molecule has 0 fully saturated rings. The Morgan fingerprint density at radius 1 is 1.59 bits per heavy atom. The van der Waals surface area contributed by atoms with Gasteiger partial charge in [0.2, 0.25) is 0 Å². The van der Waals surface area contributed by atoms with E-state index in [0.717, 1.165) is 24.5 Å². The summed E-state index contributed by atoms with van der Waals surface area (Å²) in [4.78, 5) is 15.7. The lowest BCUT2D eigenvalue weighted by molar-refractivity contribution is -0.143. The number of nitrogens with one attached hydrogen (secondary N) is 1. The predicted octanol–water partition coefficient (Wildman–Crippen LogP) is 1.04. The number of ether oxygens (including phenoxy) is 1. The number of likely N-dealkylation sites (N-methyl/N-ethyl adjacent to an activating group) is 1. The van der Waals surface area contributed by atoms with Crippen LogP contribution in [0.3, 0.4) is 0 Å². The van der Waals surface area contributed by atoms with Crippen molar-refractivity contribution in [3.8, 4) is 0 Å². The molecule has 0 spiro atoms. The SMILES string of the molecule is CCNC(CCn1cnc(C)c1C)C(=O)OC. The third-order valence-electron chi connectivity index (χ3n) is 2.94. The van der Waals surface area contributed by atoms with E-state index in [1.54, 1.807) is 0 Å². The Kier molecular flexibility index (Phi) is 5.15. The number of nitrogens with zero attached hydrogens (tertiary/aromatic N) is 2. The second kappa shape index (κ2) is 6.39. The fourth-order valence-electron chi connectivity index (χ4n) is 1.73. The number of aryl methyl sites for hydroxylation is 2. The first-order valence-electron chi connectivity index (χ1n) is 5.89. The topological polar surface area (TPSA) is 56.2 Å². The normalized spacial score (nSPS) is 12.5. The first-order valence-corrected chi connectivity index (χ1v) is 5.89. The van der Waals surface area contributed by atoms with Crippen LogP contribution in [-0.2, 0) is 16.1 Å². The summed E-state index contributed by atoms with van der Waals surface area (Å²) in [7, 11) is 1.42. The van der Waals surface area contributed by atoms with Crippen LogP contribution in [0.15, 0.2) is 6.33 Å². The molecule has 1 N–H and O–H groups in total. The Morgan fingerprint density at radius 2 is 2.29 bits per heavy atom. The molecule has 96 valence electrons. The Bertz CT molecular complexity index is 374. The molecule has 0 aliphatic heterocycles. The summed E-state index contributed by atoms with van der Waals surface area (Å²) in [6.45, 7) is 7.50. The van der Waals surface area contributed by atoms with Crippen molar-refractivity contribution < 1.29 is 9.53 Å². The number of methoxy groups -OCH3 is 1. The van der Waals surface area contributed by atoms with Crippen LogP contribution >= 0.6 is 0 Å². The molecule has 5 heteroatoms. The fraction of sp³-hybridized carbons (Fsp3) is 0.667. The molecule has 0 amide bonds. The van der Waals surface area contributed by atoms with Gasteiger partial charge in [-0.25, -0.2) is 4.98 Å². The second-order valence-corrected chi connectivity index (χ2v) is 4.03. The van der Waals surface area contributed by atoms with Crippen LogP contribution < -0.4 is 5.32 Å². The molecule has 0 saturated carbocycles. The maximum atomic E-state index is 11.5. The first kappa shape index (κ1) is 13.7. The zero-order valence-corrected chi connectivity index (χ0v) is 11.0. The largest absolute Gasteiger partial charge is 0.468 e. The van der Waals surface area contributed by atoms with Crippen molar-refractivity contribution in [1.82, 2.24) is 14.9 Å².